The molecular weight excluding hydrogens is 286 g/mol. The van der Waals surface area contributed by atoms with E-state index in [0.29, 0.717) is 23.4 Å². The van der Waals surface area contributed by atoms with Crippen molar-refractivity contribution in [2.45, 2.75) is 6.42 Å². The summed E-state index contributed by atoms with van der Waals surface area (Å²) in [6, 6.07) is 9.50. The number of thiocarbonyl (C=S) groups is 1. The number of ether oxygens (including phenoxy) is 1. The molecule has 0 amide bonds. The number of anilines is 2. The monoisotopic (exact) mass is 303 g/mol. The lowest BCUT2D eigenvalue weighted by Crippen LogP contribution is -2.31. The molecule has 6 nitrogen and oxygen atoms in total. The number of nitrogens with two attached hydrogens (primary N) is 1. The summed E-state index contributed by atoms with van der Waals surface area (Å²) in [7, 11) is 1.66. The summed E-state index contributed by atoms with van der Waals surface area (Å²) in [6.45, 7) is 0.675. The van der Waals surface area contributed by atoms with Crippen LogP contribution in [0, 0.1) is 0 Å². The summed E-state index contributed by atoms with van der Waals surface area (Å²) < 4.78 is 5.30. The molecule has 0 bridgehead atoms. The first kappa shape index (κ1) is 15.0. The molecule has 0 aliphatic rings. The van der Waals surface area contributed by atoms with Crippen molar-refractivity contribution < 1.29 is 4.74 Å². The van der Waals surface area contributed by atoms with Gasteiger partial charge < -0.3 is 21.1 Å². The maximum Gasteiger partial charge on any atom is 0.230 e. The fraction of sp³-hybridized carbons (Fsp3) is 0.214. The summed E-state index contributed by atoms with van der Waals surface area (Å²) in [5, 5.41) is 6.43. The minimum atomic E-state index is 0.379. The Morgan fingerprint density at radius 3 is 2.90 bits per heavy atom. The maximum absolute atomic E-state index is 5.57. The van der Waals surface area contributed by atoms with E-state index in [-0.39, 0.29) is 0 Å². The zero-order valence-electron chi connectivity index (χ0n) is 11.7. The van der Waals surface area contributed by atoms with Crippen LogP contribution in [-0.4, -0.2) is 28.7 Å². The molecule has 4 N–H and O–H groups in total. The normalized spacial score (nSPS) is 9.95. The Morgan fingerprint density at radius 1 is 1.33 bits per heavy atom. The van der Waals surface area contributed by atoms with E-state index >= 15 is 0 Å². The van der Waals surface area contributed by atoms with E-state index in [1.54, 1.807) is 19.4 Å². The average molecular weight is 303 g/mol. The quantitative estimate of drug-likeness (QED) is 0.723. The van der Waals surface area contributed by atoms with Crippen LogP contribution in [0.3, 0.4) is 0 Å². The predicted octanol–water partition coefficient (Wildman–Crippen LogP) is 1.60. The van der Waals surface area contributed by atoms with Gasteiger partial charge >= 0.3 is 0 Å². The Hall–Kier alpha value is -2.41. The van der Waals surface area contributed by atoms with Gasteiger partial charge in [-0.25, -0.2) is 4.98 Å². The third-order valence-corrected chi connectivity index (χ3v) is 3.02. The van der Waals surface area contributed by atoms with E-state index in [2.05, 4.69) is 20.6 Å². The van der Waals surface area contributed by atoms with Crippen molar-refractivity contribution in [3.8, 4) is 5.75 Å². The van der Waals surface area contributed by atoms with Crippen LogP contribution in [0.1, 0.15) is 5.56 Å². The first-order chi connectivity index (χ1) is 10.2. The maximum atomic E-state index is 5.57. The Labute approximate surface area is 128 Å². The third-order valence-electron chi connectivity index (χ3n) is 2.77. The SMILES string of the molecule is COc1ccccc1CCNC(=S)Nc1nccc(N)n1. The van der Waals surface area contributed by atoms with Crippen LogP contribution in [0.2, 0.25) is 0 Å². The standard InChI is InChI=1S/C14H17N5OS/c1-20-11-5-3-2-4-10(11)6-8-17-14(21)19-13-16-9-7-12(15)18-13/h2-5,7,9H,6,8H2,1H3,(H4,15,16,17,18,19,21). The van der Waals surface area contributed by atoms with E-state index in [4.69, 9.17) is 22.7 Å². The van der Waals surface area contributed by atoms with Crippen LogP contribution in [-0.2, 0) is 6.42 Å². The molecule has 0 aliphatic heterocycles. The van der Waals surface area contributed by atoms with E-state index in [1.165, 1.54) is 0 Å². The number of nitrogens with zero attached hydrogens (tertiary/aromatic N) is 2. The number of nitrogens with one attached hydrogen (secondary N) is 2. The molecule has 0 saturated carbocycles. The van der Waals surface area contributed by atoms with Gasteiger partial charge in [-0.3, -0.25) is 0 Å². The number of benzene rings is 1. The number of hydrogen-bond donors (Lipinski definition) is 3. The number of nitrogen functional groups attached to an aromatic ring is 1. The molecular formula is C14H17N5OS. The predicted molar refractivity (Wildman–Crippen MR) is 87.4 cm³/mol. The lowest BCUT2D eigenvalue weighted by Gasteiger charge is -2.11. The average Bonchev–Trinajstić information content (AvgIpc) is 2.47. The van der Waals surface area contributed by atoms with Crippen molar-refractivity contribution in [2.75, 3.05) is 24.7 Å². The fourth-order valence-corrected chi connectivity index (χ4v) is 1.99. The first-order valence-electron chi connectivity index (χ1n) is 6.44. The highest BCUT2D eigenvalue weighted by molar-refractivity contribution is 7.80. The second kappa shape index (κ2) is 7.39. The molecule has 110 valence electrons. The molecule has 1 heterocycles. The fourth-order valence-electron chi connectivity index (χ4n) is 1.80. The molecule has 2 aromatic rings. The smallest absolute Gasteiger partial charge is 0.230 e. The van der Waals surface area contributed by atoms with E-state index in [1.807, 2.05) is 24.3 Å². The third kappa shape index (κ3) is 4.57. The Morgan fingerprint density at radius 2 is 2.14 bits per heavy atom. The van der Waals surface area contributed by atoms with Gasteiger partial charge in [-0.15, -0.1) is 0 Å². The summed E-state index contributed by atoms with van der Waals surface area (Å²) in [4.78, 5) is 8.04. The van der Waals surface area contributed by atoms with E-state index < -0.39 is 0 Å². The molecule has 21 heavy (non-hydrogen) atoms. The molecule has 0 aliphatic carbocycles. The number of methoxy groups -OCH3 is 1. The minimum Gasteiger partial charge on any atom is -0.496 e. The van der Waals surface area contributed by atoms with Crippen LogP contribution >= 0.6 is 12.2 Å². The zero-order valence-corrected chi connectivity index (χ0v) is 12.5. The van der Waals surface area contributed by atoms with Gasteiger partial charge in [-0.05, 0) is 36.3 Å². The summed E-state index contributed by atoms with van der Waals surface area (Å²) in [5.74, 6) is 1.64. The van der Waals surface area contributed by atoms with Crippen LogP contribution < -0.4 is 21.1 Å². The molecule has 0 fully saturated rings. The van der Waals surface area contributed by atoms with Gasteiger partial charge in [0.15, 0.2) is 5.11 Å². The molecule has 0 saturated heterocycles. The molecule has 1 aromatic heterocycles. The Balaban J connectivity index is 1.82. The summed E-state index contributed by atoms with van der Waals surface area (Å²) >= 11 is 5.18. The second-order valence-electron chi connectivity index (χ2n) is 4.25. The molecule has 0 radical (unpaired) electrons. The van der Waals surface area contributed by atoms with E-state index in [9.17, 15) is 0 Å². The van der Waals surface area contributed by atoms with Gasteiger partial charge in [-0.1, -0.05) is 18.2 Å². The van der Waals surface area contributed by atoms with Gasteiger partial charge in [0.05, 0.1) is 7.11 Å². The number of para-hydroxylation sites is 1. The minimum absolute atomic E-state index is 0.379. The van der Waals surface area contributed by atoms with Crippen LogP contribution in [0.4, 0.5) is 11.8 Å². The van der Waals surface area contributed by atoms with Gasteiger partial charge in [0.1, 0.15) is 11.6 Å². The van der Waals surface area contributed by atoms with Crippen molar-refractivity contribution in [3.63, 3.8) is 0 Å². The van der Waals surface area contributed by atoms with Crippen LogP contribution in [0.5, 0.6) is 5.75 Å². The van der Waals surface area contributed by atoms with Gasteiger partial charge in [0.2, 0.25) is 5.95 Å². The largest absolute Gasteiger partial charge is 0.496 e. The van der Waals surface area contributed by atoms with Crippen LogP contribution in [0.25, 0.3) is 0 Å². The van der Waals surface area contributed by atoms with Crippen molar-refractivity contribution in [1.29, 1.82) is 0 Å². The Bertz CT molecular complexity index is 620. The lowest BCUT2D eigenvalue weighted by molar-refractivity contribution is 0.409. The van der Waals surface area contributed by atoms with Crippen LogP contribution in [0.15, 0.2) is 36.5 Å². The molecule has 2 rings (SSSR count). The van der Waals surface area contributed by atoms with Gasteiger partial charge in [0.25, 0.3) is 0 Å². The second-order valence-corrected chi connectivity index (χ2v) is 4.66. The zero-order chi connectivity index (χ0) is 15.1. The lowest BCUT2D eigenvalue weighted by atomic mass is 10.1. The number of hydrogen-bond acceptors (Lipinski definition) is 5. The summed E-state index contributed by atoms with van der Waals surface area (Å²) in [5.41, 5.74) is 6.69. The summed E-state index contributed by atoms with van der Waals surface area (Å²) in [6.07, 6.45) is 2.37. The molecule has 7 heteroatoms. The van der Waals surface area contributed by atoms with Crippen molar-refractivity contribution in [2.24, 2.45) is 0 Å². The highest BCUT2D eigenvalue weighted by atomic mass is 32.1. The molecule has 0 spiro atoms. The highest BCUT2D eigenvalue weighted by Crippen LogP contribution is 2.17. The molecule has 1 aromatic carbocycles. The van der Waals surface area contributed by atoms with Gasteiger partial charge in [-0.2, -0.15) is 4.98 Å². The van der Waals surface area contributed by atoms with Crippen molar-refractivity contribution >= 4 is 29.1 Å². The van der Waals surface area contributed by atoms with Crippen molar-refractivity contribution in [1.82, 2.24) is 15.3 Å². The molecule has 0 atom stereocenters. The first-order valence-corrected chi connectivity index (χ1v) is 6.85. The highest BCUT2D eigenvalue weighted by Gasteiger charge is 2.03. The number of rotatable bonds is 5. The Kier molecular flexibility index (Phi) is 5.28. The number of aromatic nitrogens is 2. The topological polar surface area (TPSA) is 85.1 Å². The van der Waals surface area contributed by atoms with Crippen molar-refractivity contribution in [3.05, 3.63) is 42.1 Å². The van der Waals surface area contributed by atoms with Gasteiger partial charge in [0, 0.05) is 12.7 Å². The molecule has 0 unspecified atom stereocenters. The van der Waals surface area contributed by atoms with E-state index in [0.717, 1.165) is 17.7 Å².